The van der Waals surface area contributed by atoms with Crippen LogP contribution in [0.1, 0.15) is 52.9 Å². The smallest absolute Gasteiger partial charge is 0.261 e. The molecule has 0 saturated heterocycles. The van der Waals surface area contributed by atoms with E-state index in [9.17, 15) is 0 Å². The molecule has 4 heteroatoms. The summed E-state index contributed by atoms with van der Waals surface area (Å²) in [7, 11) is 1.01. The molecular weight excluding hydrogens is 376 g/mol. The van der Waals surface area contributed by atoms with Crippen LogP contribution in [0, 0.1) is 0 Å². The molecule has 0 bridgehead atoms. The molecule has 2 aromatic rings. The van der Waals surface area contributed by atoms with Crippen molar-refractivity contribution in [3.63, 3.8) is 0 Å². The molecule has 2 rings (SSSR count). The number of methoxy groups -OCH3 is 2. The van der Waals surface area contributed by atoms with Crippen LogP contribution in [0.4, 0.5) is 0 Å². The maximum atomic E-state index is 6.93. The molecule has 0 amide bonds. The highest BCUT2D eigenvalue weighted by atomic mass is 28.4. The van der Waals surface area contributed by atoms with Crippen molar-refractivity contribution < 1.29 is 13.9 Å². The molecule has 160 valence electrons. The average Bonchev–Trinajstić information content (AvgIpc) is 2.73. The Kier molecular flexibility index (Phi) is 9.57. The zero-order valence-electron chi connectivity index (χ0n) is 18.8. The Morgan fingerprint density at radius 1 is 0.724 bits per heavy atom. The van der Waals surface area contributed by atoms with Crippen molar-refractivity contribution in [1.82, 2.24) is 0 Å². The molecule has 3 nitrogen and oxygen atoms in total. The topological polar surface area (TPSA) is 27.7 Å². The maximum absolute atomic E-state index is 6.93. The van der Waals surface area contributed by atoms with Crippen molar-refractivity contribution in [2.24, 2.45) is 0 Å². The fourth-order valence-corrected chi connectivity index (χ4v) is 8.69. The third-order valence-electron chi connectivity index (χ3n) is 5.60. The Labute approximate surface area is 178 Å². The van der Waals surface area contributed by atoms with Crippen LogP contribution in [-0.2, 0) is 13.9 Å². The highest BCUT2D eigenvalue weighted by Gasteiger charge is 2.49. The van der Waals surface area contributed by atoms with Gasteiger partial charge in [0.2, 0.25) is 0 Å². The van der Waals surface area contributed by atoms with E-state index in [0.717, 1.165) is 25.9 Å². The lowest BCUT2D eigenvalue weighted by Gasteiger charge is -2.43. The van der Waals surface area contributed by atoms with Crippen molar-refractivity contribution in [1.29, 1.82) is 0 Å². The molecule has 0 saturated carbocycles. The second kappa shape index (κ2) is 11.7. The molecule has 0 aromatic heterocycles. The predicted octanol–water partition coefficient (Wildman–Crippen LogP) is 5.13. The van der Waals surface area contributed by atoms with E-state index in [4.69, 9.17) is 13.9 Å². The summed E-state index contributed by atoms with van der Waals surface area (Å²) < 4.78 is 17.5. The number of rotatable bonds is 12. The summed E-state index contributed by atoms with van der Waals surface area (Å²) >= 11 is 0. The Balaban J connectivity index is 2.08. The normalized spacial score (nSPS) is 12.5. The number of hydrogen-bond acceptors (Lipinski definition) is 3. The van der Waals surface area contributed by atoms with Gasteiger partial charge in [0.25, 0.3) is 8.32 Å². The molecular formula is C25H38O3Si. The van der Waals surface area contributed by atoms with Crippen LogP contribution in [0.15, 0.2) is 60.7 Å². The van der Waals surface area contributed by atoms with E-state index in [0.29, 0.717) is 0 Å². The van der Waals surface area contributed by atoms with Gasteiger partial charge >= 0.3 is 0 Å². The van der Waals surface area contributed by atoms with Gasteiger partial charge in [0.1, 0.15) is 0 Å². The van der Waals surface area contributed by atoms with E-state index < -0.39 is 8.32 Å². The van der Waals surface area contributed by atoms with E-state index in [1.807, 2.05) is 0 Å². The van der Waals surface area contributed by atoms with Crippen LogP contribution in [0.3, 0.4) is 0 Å². The van der Waals surface area contributed by atoms with Crippen molar-refractivity contribution in [2.45, 2.75) is 64.2 Å². The highest BCUT2D eigenvalue weighted by Crippen LogP contribution is 2.36. The second-order valence-corrected chi connectivity index (χ2v) is 12.9. The largest absolute Gasteiger partial charge is 0.407 e. The minimum atomic E-state index is -2.39. The van der Waals surface area contributed by atoms with Crippen LogP contribution in [0.25, 0.3) is 0 Å². The molecule has 0 spiro atoms. The van der Waals surface area contributed by atoms with Gasteiger partial charge < -0.3 is 13.9 Å². The Morgan fingerprint density at radius 3 is 1.66 bits per heavy atom. The van der Waals surface area contributed by atoms with Crippen LogP contribution in [0.2, 0.25) is 5.04 Å². The first-order chi connectivity index (χ1) is 14.0. The maximum Gasteiger partial charge on any atom is 0.261 e. The summed E-state index contributed by atoms with van der Waals surface area (Å²) in [5, 5.41) is 2.74. The van der Waals surface area contributed by atoms with Gasteiger partial charge in [-0.15, -0.1) is 0 Å². The molecule has 0 aliphatic carbocycles. The predicted molar refractivity (Wildman–Crippen MR) is 124 cm³/mol. The summed E-state index contributed by atoms with van der Waals surface area (Å²) in [4.78, 5) is 0. The Morgan fingerprint density at radius 2 is 1.21 bits per heavy atom. The van der Waals surface area contributed by atoms with Crippen molar-refractivity contribution >= 4 is 18.7 Å². The van der Waals surface area contributed by atoms with E-state index in [1.54, 1.807) is 14.2 Å². The van der Waals surface area contributed by atoms with Gasteiger partial charge in [-0.3, -0.25) is 0 Å². The van der Waals surface area contributed by atoms with Gasteiger partial charge in [0.15, 0.2) is 6.29 Å². The molecule has 0 heterocycles. The lowest BCUT2D eigenvalue weighted by atomic mass is 10.1. The SMILES string of the molecule is COC(CCCCCCO[Si](c1ccccc1)(c1ccccc1)C(C)(C)C)OC. The molecule has 2 aromatic carbocycles. The first kappa shape index (κ1) is 23.8. The summed E-state index contributed by atoms with van der Waals surface area (Å²) in [6.45, 7) is 7.78. The van der Waals surface area contributed by atoms with Crippen molar-refractivity contribution in [3.05, 3.63) is 60.7 Å². The van der Waals surface area contributed by atoms with Crippen LogP contribution >= 0.6 is 0 Å². The van der Waals surface area contributed by atoms with Crippen LogP contribution < -0.4 is 10.4 Å². The minimum Gasteiger partial charge on any atom is -0.407 e. The van der Waals surface area contributed by atoms with Crippen LogP contribution in [-0.4, -0.2) is 35.4 Å². The summed E-state index contributed by atoms with van der Waals surface area (Å²) in [5.41, 5.74) is 0. The zero-order chi connectivity index (χ0) is 21.2. The fourth-order valence-electron chi connectivity index (χ4n) is 4.09. The van der Waals surface area contributed by atoms with Gasteiger partial charge in [-0.25, -0.2) is 0 Å². The van der Waals surface area contributed by atoms with Crippen molar-refractivity contribution in [2.75, 3.05) is 20.8 Å². The van der Waals surface area contributed by atoms with Gasteiger partial charge in [-0.1, -0.05) is 94.3 Å². The first-order valence-corrected chi connectivity index (χ1v) is 12.7. The Hall–Kier alpha value is -1.46. The first-order valence-electron chi connectivity index (χ1n) is 10.8. The monoisotopic (exact) mass is 414 g/mol. The van der Waals surface area contributed by atoms with E-state index in [2.05, 4.69) is 81.4 Å². The summed E-state index contributed by atoms with van der Waals surface area (Å²) in [6, 6.07) is 21.7. The third-order valence-corrected chi connectivity index (χ3v) is 10.6. The van der Waals surface area contributed by atoms with Crippen molar-refractivity contribution in [3.8, 4) is 0 Å². The second-order valence-electron chi connectivity index (χ2n) is 8.62. The van der Waals surface area contributed by atoms with E-state index in [1.165, 1.54) is 23.2 Å². The standard InChI is InChI=1S/C25H38O3Si/c1-25(2,3)29(22-16-10-8-11-17-22,23-18-12-9-13-19-23)28-21-15-7-6-14-20-24(26-4)27-5/h8-13,16-19,24H,6-7,14-15,20-21H2,1-5H3. The van der Waals surface area contributed by atoms with Gasteiger partial charge in [0.05, 0.1) is 0 Å². The molecule has 29 heavy (non-hydrogen) atoms. The number of unbranched alkanes of at least 4 members (excludes halogenated alkanes) is 3. The molecule has 0 aliphatic rings. The van der Waals surface area contributed by atoms with Gasteiger partial charge in [-0.2, -0.15) is 0 Å². The quantitative estimate of drug-likeness (QED) is 0.274. The number of benzene rings is 2. The third kappa shape index (κ3) is 6.26. The van der Waals surface area contributed by atoms with Gasteiger partial charge in [0, 0.05) is 20.8 Å². The Bertz CT molecular complexity index is 639. The van der Waals surface area contributed by atoms with Crippen LogP contribution in [0.5, 0.6) is 0 Å². The number of hydrogen-bond donors (Lipinski definition) is 0. The summed E-state index contributed by atoms with van der Waals surface area (Å²) in [6.07, 6.45) is 5.40. The molecule has 0 N–H and O–H groups in total. The molecule has 0 atom stereocenters. The van der Waals surface area contributed by atoms with Gasteiger partial charge in [-0.05, 0) is 34.7 Å². The lowest BCUT2D eigenvalue weighted by Crippen LogP contribution is -2.66. The average molecular weight is 415 g/mol. The van der Waals surface area contributed by atoms with E-state index in [-0.39, 0.29) is 11.3 Å². The zero-order valence-corrected chi connectivity index (χ0v) is 19.8. The lowest BCUT2D eigenvalue weighted by molar-refractivity contribution is -0.107. The molecule has 0 fully saturated rings. The molecule has 0 unspecified atom stereocenters. The molecule has 0 aliphatic heterocycles. The summed E-state index contributed by atoms with van der Waals surface area (Å²) in [5.74, 6) is 0. The minimum absolute atomic E-state index is 0.0415. The number of ether oxygens (including phenoxy) is 2. The van der Waals surface area contributed by atoms with E-state index >= 15 is 0 Å². The fraction of sp³-hybridized carbons (Fsp3) is 0.520. The highest BCUT2D eigenvalue weighted by molar-refractivity contribution is 6.99. The molecule has 0 radical (unpaired) electrons.